The van der Waals surface area contributed by atoms with Crippen LogP contribution in [-0.4, -0.2) is 19.3 Å². The standard InChI is InChI=1S/C13H12FIN4S/c1-18-8(2-4-16-18)3-5-19-12-6-9(14)10(15)7-11(12)17-13(19)20/h2,4,6-7H,3,5H2,1H3,(H,17,20). The van der Waals surface area contributed by atoms with E-state index in [1.807, 2.05) is 45.0 Å². The first-order valence-corrected chi connectivity index (χ1v) is 7.59. The molecule has 7 heteroatoms. The molecule has 0 aliphatic rings. The van der Waals surface area contributed by atoms with E-state index in [-0.39, 0.29) is 5.82 Å². The maximum atomic E-state index is 13.7. The number of aromatic amines is 1. The number of halogens is 2. The average Bonchev–Trinajstić information content (AvgIpc) is 2.92. The number of fused-ring (bicyclic) bond motifs is 1. The lowest BCUT2D eigenvalue weighted by Crippen LogP contribution is -2.05. The minimum atomic E-state index is -0.221. The molecule has 0 fully saturated rings. The zero-order chi connectivity index (χ0) is 14.3. The highest BCUT2D eigenvalue weighted by Crippen LogP contribution is 2.21. The summed E-state index contributed by atoms with van der Waals surface area (Å²) in [4.78, 5) is 3.12. The molecule has 3 aromatic rings. The number of nitrogens with zero attached hydrogens (tertiary/aromatic N) is 3. The normalized spacial score (nSPS) is 11.3. The molecule has 0 unspecified atom stereocenters. The fourth-order valence-corrected chi connectivity index (χ4v) is 3.01. The second kappa shape index (κ2) is 5.28. The van der Waals surface area contributed by atoms with Crippen molar-refractivity contribution in [3.63, 3.8) is 0 Å². The van der Waals surface area contributed by atoms with E-state index in [1.54, 1.807) is 12.3 Å². The Morgan fingerprint density at radius 3 is 2.95 bits per heavy atom. The first-order chi connectivity index (χ1) is 9.56. The number of rotatable bonds is 3. The highest BCUT2D eigenvalue weighted by atomic mass is 127. The molecule has 0 atom stereocenters. The molecule has 4 nitrogen and oxygen atoms in total. The third-order valence-corrected chi connectivity index (χ3v) is 4.48. The summed E-state index contributed by atoms with van der Waals surface area (Å²) in [6, 6.07) is 5.29. The Morgan fingerprint density at radius 1 is 1.45 bits per heavy atom. The van der Waals surface area contributed by atoms with Crippen molar-refractivity contribution in [2.75, 3.05) is 0 Å². The summed E-state index contributed by atoms with van der Waals surface area (Å²) in [6.07, 6.45) is 2.57. The van der Waals surface area contributed by atoms with Gasteiger partial charge in [0.25, 0.3) is 0 Å². The summed E-state index contributed by atoms with van der Waals surface area (Å²) >= 11 is 7.30. The Morgan fingerprint density at radius 2 is 2.25 bits per heavy atom. The van der Waals surface area contributed by atoms with Gasteiger partial charge in [-0.3, -0.25) is 4.68 Å². The van der Waals surface area contributed by atoms with Crippen LogP contribution in [0.3, 0.4) is 0 Å². The highest BCUT2D eigenvalue weighted by Gasteiger charge is 2.09. The molecular formula is C13H12FIN4S. The molecule has 0 aliphatic heterocycles. The highest BCUT2D eigenvalue weighted by molar-refractivity contribution is 14.1. The van der Waals surface area contributed by atoms with Crippen molar-refractivity contribution in [3.05, 3.63) is 44.2 Å². The topological polar surface area (TPSA) is 38.5 Å². The number of aryl methyl sites for hydroxylation is 3. The molecule has 0 saturated heterocycles. The summed E-state index contributed by atoms with van der Waals surface area (Å²) in [7, 11) is 1.91. The van der Waals surface area contributed by atoms with Crippen molar-refractivity contribution in [2.24, 2.45) is 7.05 Å². The Balaban J connectivity index is 1.99. The van der Waals surface area contributed by atoms with Crippen LogP contribution in [0.4, 0.5) is 4.39 Å². The van der Waals surface area contributed by atoms with Gasteiger partial charge in [-0.15, -0.1) is 0 Å². The minimum Gasteiger partial charge on any atom is -0.331 e. The molecule has 2 heterocycles. The van der Waals surface area contributed by atoms with Crippen LogP contribution in [0.25, 0.3) is 11.0 Å². The molecule has 1 N–H and O–H groups in total. The van der Waals surface area contributed by atoms with E-state index in [0.717, 1.165) is 23.1 Å². The number of hydrogen-bond donors (Lipinski definition) is 1. The second-order valence-electron chi connectivity index (χ2n) is 4.56. The summed E-state index contributed by atoms with van der Waals surface area (Å²) < 4.78 is 18.7. The maximum Gasteiger partial charge on any atom is 0.178 e. The van der Waals surface area contributed by atoms with Gasteiger partial charge < -0.3 is 9.55 Å². The minimum absolute atomic E-state index is 0.221. The number of H-pyrrole nitrogens is 1. The van der Waals surface area contributed by atoms with Crippen molar-refractivity contribution in [3.8, 4) is 0 Å². The van der Waals surface area contributed by atoms with Crippen LogP contribution in [0.5, 0.6) is 0 Å². The Kier molecular flexibility index (Phi) is 3.63. The molecule has 104 valence electrons. The SMILES string of the molecule is Cn1nccc1CCn1c(=S)[nH]c2cc(I)c(F)cc21. The number of hydrogen-bond acceptors (Lipinski definition) is 2. The summed E-state index contributed by atoms with van der Waals surface area (Å²) in [5.41, 5.74) is 2.79. The van der Waals surface area contributed by atoms with Gasteiger partial charge in [0, 0.05) is 38.0 Å². The molecule has 0 radical (unpaired) electrons. The first-order valence-electron chi connectivity index (χ1n) is 6.10. The quantitative estimate of drug-likeness (QED) is 0.539. The van der Waals surface area contributed by atoms with Crippen molar-refractivity contribution in [2.45, 2.75) is 13.0 Å². The van der Waals surface area contributed by atoms with Gasteiger partial charge in [-0.05, 0) is 46.9 Å². The van der Waals surface area contributed by atoms with Gasteiger partial charge in [-0.25, -0.2) is 4.39 Å². The Bertz CT molecular complexity index is 833. The van der Waals surface area contributed by atoms with E-state index in [0.29, 0.717) is 14.9 Å². The number of aromatic nitrogens is 4. The smallest absolute Gasteiger partial charge is 0.178 e. The van der Waals surface area contributed by atoms with Gasteiger partial charge in [-0.1, -0.05) is 0 Å². The molecule has 2 aromatic heterocycles. The fourth-order valence-electron chi connectivity index (χ4n) is 2.25. The lowest BCUT2D eigenvalue weighted by atomic mass is 10.3. The van der Waals surface area contributed by atoms with Crippen LogP contribution in [-0.2, 0) is 20.0 Å². The molecule has 0 aliphatic carbocycles. The largest absolute Gasteiger partial charge is 0.331 e. The van der Waals surface area contributed by atoms with Crippen LogP contribution >= 0.6 is 34.8 Å². The van der Waals surface area contributed by atoms with E-state index in [9.17, 15) is 4.39 Å². The van der Waals surface area contributed by atoms with Crippen LogP contribution in [0.15, 0.2) is 24.4 Å². The predicted octanol–water partition coefficient (Wildman–Crippen LogP) is 3.42. The van der Waals surface area contributed by atoms with Crippen molar-refractivity contribution < 1.29 is 4.39 Å². The third kappa shape index (κ3) is 2.39. The maximum absolute atomic E-state index is 13.7. The van der Waals surface area contributed by atoms with Gasteiger partial charge in [0.1, 0.15) is 5.82 Å². The van der Waals surface area contributed by atoms with Crippen molar-refractivity contribution >= 4 is 45.8 Å². The van der Waals surface area contributed by atoms with Crippen molar-refractivity contribution in [1.82, 2.24) is 19.3 Å². The molecule has 3 rings (SSSR count). The zero-order valence-corrected chi connectivity index (χ0v) is 13.7. The van der Waals surface area contributed by atoms with Gasteiger partial charge in [-0.2, -0.15) is 5.10 Å². The Labute approximate surface area is 133 Å². The van der Waals surface area contributed by atoms with Crippen molar-refractivity contribution in [1.29, 1.82) is 0 Å². The first kappa shape index (κ1) is 13.7. The summed E-state index contributed by atoms with van der Waals surface area (Å²) in [6.45, 7) is 0.693. The number of imidazole rings is 1. The predicted molar refractivity (Wildman–Crippen MR) is 86.7 cm³/mol. The average molecular weight is 402 g/mol. The van der Waals surface area contributed by atoms with Gasteiger partial charge >= 0.3 is 0 Å². The molecule has 0 bridgehead atoms. The van der Waals surface area contributed by atoms with Crippen LogP contribution in [0.2, 0.25) is 0 Å². The molecule has 0 amide bonds. The molecule has 0 saturated carbocycles. The monoisotopic (exact) mass is 402 g/mol. The lowest BCUT2D eigenvalue weighted by Gasteiger charge is -2.05. The summed E-state index contributed by atoms with van der Waals surface area (Å²) in [5, 5.41) is 4.14. The van der Waals surface area contributed by atoms with E-state index in [2.05, 4.69) is 10.1 Å². The van der Waals surface area contributed by atoms with E-state index >= 15 is 0 Å². The number of benzene rings is 1. The van der Waals surface area contributed by atoms with Crippen LogP contribution in [0.1, 0.15) is 5.69 Å². The van der Waals surface area contributed by atoms with Crippen LogP contribution < -0.4 is 0 Å². The Hall–Kier alpha value is -1.22. The van der Waals surface area contributed by atoms with Gasteiger partial charge in [0.2, 0.25) is 0 Å². The van der Waals surface area contributed by atoms with E-state index in [4.69, 9.17) is 12.2 Å². The second-order valence-corrected chi connectivity index (χ2v) is 6.11. The fraction of sp³-hybridized carbons (Fsp3) is 0.231. The van der Waals surface area contributed by atoms with E-state index in [1.165, 1.54) is 6.07 Å². The summed E-state index contributed by atoms with van der Waals surface area (Å²) in [5.74, 6) is -0.221. The van der Waals surface area contributed by atoms with Gasteiger partial charge in [0.05, 0.1) is 14.6 Å². The van der Waals surface area contributed by atoms with Crippen LogP contribution in [0, 0.1) is 14.2 Å². The lowest BCUT2D eigenvalue weighted by molar-refractivity contribution is 0.617. The van der Waals surface area contributed by atoms with Gasteiger partial charge in [0.15, 0.2) is 4.77 Å². The molecule has 1 aromatic carbocycles. The molecule has 20 heavy (non-hydrogen) atoms. The van der Waals surface area contributed by atoms with E-state index < -0.39 is 0 Å². The molecular weight excluding hydrogens is 390 g/mol. The molecule has 0 spiro atoms. The zero-order valence-electron chi connectivity index (χ0n) is 10.7. The third-order valence-electron chi connectivity index (χ3n) is 3.33. The number of nitrogens with one attached hydrogen (secondary N) is 1.